The van der Waals surface area contributed by atoms with Gasteiger partial charge in [0.05, 0.1) is 3.57 Å². The first-order valence-corrected chi connectivity index (χ1v) is 8.38. The summed E-state index contributed by atoms with van der Waals surface area (Å²) in [4.78, 5) is 12.0. The Labute approximate surface area is 136 Å². The Balaban J connectivity index is 2.57. The van der Waals surface area contributed by atoms with E-state index in [9.17, 15) is 9.90 Å². The third-order valence-corrected chi connectivity index (χ3v) is 4.40. The van der Waals surface area contributed by atoms with Gasteiger partial charge in [-0.25, -0.2) is 0 Å². The number of phenolic OH excluding ortho intramolecular Hbond substituents is 1. The minimum absolute atomic E-state index is 0.0781. The highest BCUT2D eigenvalue weighted by Gasteiger charge is 2.19. The summed E-state index contributed by atoms with van der Waals surface area (Å²) in [7, 11) is 0. The number of amides is 1. The molecule has 1 amide bonds. The molecule has 0 aliphatic heterocycles. The molecule has 0 fully saturated rings. The van der Waals surface area contributed by atoms with E-state index in [0.717, 1.165) is 21.7 Å². The van der Waals surface area contributed by atoms with Crippen LogP contribution in [0, 0.1) is 8.99 Å². The van der Waals surface area contributed by atoms with Crippen molar-refractivity contribution in [2.45, 2.75) is 26.7 Å². The summed E-state index contributed by atoms with van der Waals surface area (Å²) in [5.74, 6) is 0.00501. The zero-order chi connectivity index (χ0) is 14.5. The van der Waals surface area contributed by atoms with Crippen LogP contribution in [0.15, 0.2) is 18.2 Å². The molecule has 1 aromatic carbocycles. The molecule has 1 aromatic rings. The van der Waals surface area contributed by atoms with Crippen LogP contribution in [0.1, 0.15) is 37.0 Å². The molecule has 0 spiro atoms. The quantitative estimate of drug-likeness (QED) is 0.521. The maximum Gasteiger partial charge on any atom is 0.251 e. The van der Waals surface area contributed by atoms with Crippen molar-refractivity contribution in [3.63, 3.8) is 0 Å². The molecule has 3 nitrogen and oxygen atoms in total. The normalized spacial score (nSPS) is 11.4. The van der Waals surface area contributed by atoms with Crippen molar-refractivity contribution in [3.8, 4) is 5.75 Å². The van der Waals surface area contributed by atoms with Gasteiger partial charge < -0.3 is 10.4 Å². The summed E-state index contributed by atoms with van der Waals surface area (Å²) in [6.45, 7) is 4.91. The van der Waals surface area contributed by atoms with E-state index < -0.39 is 0 Å². The van der Waals surface area contributed by atoms with Gasteiger partial charge in [0.1, 0.15) is 5.75 Å². The molecular weight excluding hydrogens is 421 g/mol. The Bertz CT molecular complexity index is 449. The molecule has 0 unspecified atom stereocenters. The fraction of sp³-hybridized carbons (Fsp3) is 0.500. The summed E-state index contributed by atoms with van der Waals surface area (Å²) in [6.07, 6.45) is 2.14. The number of halogens is 2. The maximum atomic E-state index is 12.0. The summed E-state index contributed by atoms with van der Waals surface area (Å²) in [6, 6.07) is 4.96. The summed E-state index contributed by atoms with van der Waals surface area (Å²) in [5, 5.41) is 13.5. The van der Waals surface area contributed by atoms with E-state index in [2.05, 4.69) is 35.1 Å². The van der Waals surface area contributed by atoms with Crippen molar-refractivity contribution in [2.75, 3.05) is 11.9 Å². The van der Waals surface area contributed by atoms with Crippen molar-refractivity contribution in [2.24, 2.45) is 5.41 Å². The smallest absolute Gasteiger partial charge is 0.251 e. The molecule has 0 aliphatic carbocycles. The Kier molecular flexibility index (Phi) is 6.59. The van der Waals surface area contributed by atoms with E-state index in [1.807, 2.05) is 22.6 Å². The number of benzene rings is 1. The molecule has 0 aromatic heterocycles. The van der Waals surface area contributed by atoms with Gasteiger partial charge in [0.15, 0.2) is 0 Å². The Hall–Kier alpha value is -0.300. The molecule has 5 heteroatoms. The molecule has 0 aliphatic rings. The average molecular weight is 440 g/mol. The van der Waals surface area contributed by atoms with Crippen LogP contribution in [0.5, 0.6) is 5.75 Å². The van der Waals surface area contributed by atoms with E-state index >= 15 is 0 Å². The lowest BCUT2D eigenvalue weighted by Gasteiger charge is -2.24. The Morgan fingerprint density at radius 1 is 1.47 bits per heavy atom. The van der Waals surface area contributed by atoms with E-state index in [4.69, 9.17) is 0 Å². The van der Waals surface area contributed by atoms with Crippen LogP contribution in [0.3, 0.4) is 0 Å². The van der Waals surface area contributed by atoms with Crippen molar-refractivity contribution < 1.29 is 9.90 Å². The van der Waals surface area contributed by atoms with Gasteiger partial charge in [-0.1, -0.05) is 29.8 Å². The number of carbonyl (C=O) groups excluding carboxylic acids is 1. The maximum absolute atomic E-state index is 12.0. The predicted octanol–water partition coefficient (Wildman–Crippen LogP) is 3.93. The van der Waals surface area contributed by atoms with E-state index in [-0.39, 0.29) is 17.1 Å². The monoisotopic (exact) mass is 439 g/mol. The molecule has 0 saturated heterocycles. The fourth-order valence-corrected chi connectivity index (χ4v) is 2.33. The van der Waals surface area contributed by atoms with Gasteiger partial charge in [0.2, 0.25) is 0 Å². The topological polar surface area (TPSA) is 49.3 Å². The number of aromatic hydroxyl groups is 1. The largest absolute Gasteiger partial charge is 0.507 e. The number of nitrogens with one attached hydrogen (secondary N) is 1. The molecule has 19 heavy (non-hydrogen) atoms. The molecular formula is C14H19BrINO2. The van der Waals surface area contributed by atoms with Gasteiger partial charge in [-0.15, -0.1) is 0 Å². The minimum atomic E-state index is -0.140. The van der Waals surface area contributed by atoms with Gasteiger partial charge in [-0.2, -0.15) is 0 Å². The predicted molar refractivity (Wildman–Crippen MR) is 90.0 cm³/mol. The standard InChI is InChI=1S/C14H19BrINO2/c1-14(2,6-3-7-15)9-17-13(19)10-4-5-11(16)12(18)8-10/h4-5,8,18H,3,6-7,9H2,1-2H3,(H,17,19). The Morgan fingerprint density at radius 2 is 2.16 bits per heavy atom. The lowest BCUT2D eigenvalue weighted by molar-refractivity contribution is 0.0934. The lowest BCUT2D eigenvalue weighted by atomic mass is 9.88. The van der Waals surface area contributed by atoms with Crippen LogP contribution in [0.25, 0.3) is 0 Å². The zero-order valence-corrected chi connectivity index (χ0v) is 14.9. The van der Waals surface area contributed by atoms with E-state index in [1.54, 1.807) is 12.1 Å². The number of carbonyl (C=O) groups is 1. The summed E-state index contributed by atoms with van der Waals surface area (Å²) in [5.41, 5.74) is 0.573. The van der Waals surface area contributed by atoms with Crippen LogP contribution in [-0.2, 0) is 0 Å². The van der Waals surface area contributed by atoms with Crippen LogP contribution in [-0.4, -0.2) is 22.9 Å². The first-order valence-electron chi connectivity index (χ1n) is 6.18. The van der Waals surface area contributed by atoms with Crippen molar-refractivity contribution in [1.29, 1.82) is 0 Å². The van der Waals surface area contributed by atoms with E-state index in [0.29, 0.717) is 12.1 Å². The van der Waals surface area contributed by atoms with Gasteiger partial charge in [0.25, 0.3) is 5.91 Å². The number of hydrogen-bond donors (Lipinski definition) is 2. The molecule has 0 saturated carbocycles. The van der Waals surface area contributed by atoms with Crippen LogP contribution < -0.4 is 5.32 Å². The number of hydrogen-bond acceptors (Lipinski definition) is 2. The Morgan fingerprint density at radius 3 is 2.74 bits per heavy atom. The van der Waals surface area contributed by atoms with E-state index in [1.165, 1.54) is 6.07 Å². The second-order valence-electron chi connectivity index (χ2n) is 5.31. The second-order valence-corrected chi connectivity index (χ2v) is 7.26. The van der Waals surface area contributed by atoms with Crippen molar-refractivity contribution in [1.82, 2.24) is 5.32 Å². The lowest BCUT2D eigenvalue weighted by Crippen LogP contribution is -2.34. The number of alkyl halides is 1. The second kappa shape index (κ2) is 7.47. The first-order chi connectivity index (χ1) is 8.85. The highest BCUT2D eigenvalue weighted by Crippen LogP contribution is 2.23. The van der Waals surface area contributed by atoms with Crippen LogP contribution >= 0.6 is 38.5 Å². The molecule has 0 atom stereocenters. The molecule has 0 bridgehead atoms. The number of rotatable bonds is 6. The van der Waals surface area contributed by atoms with Gasteiger partial charge in [-0.3, -0.25) is 4.79 Å². The van der Waals surface area contributed by atoms with Gasteiger partial charge >= 0.3 is 0 Å². The SMILES string of the molecule is CC(C)(CCCBr)CNC(=O)c1ccc(I)c(O)c1. The highest BCUT2D eigenvalue weighted by atomic mass is 127. The molecule has 0 radical (unpaired) electrons. The highest BCUT2D eigenvalue weighted by molar-refractivity contribution is 14.1. The van der Waals surface area contributed by atoms with Crippen LogP contribution in [0.4, 0.5) is 0 Å². The first kappa shape index (κ1) is 16.8. The van der Waals surface area contributed by atoms with Crippen molar-refractivity contribution >= 4 is 44.4 Å². The third kappa shape index (κ3) is 5.69. The molecule has 106 valence electrons. The number of phenols is 1. The minimum Gasteiger partial charge on any atom is -0.507 e. The van der Waals surface area contributed by atoms with Gasteiger partial charge in [0, 0.05) is 17.4 Å². The molecule has 0 heterocycles. The third-order valence-electron chi connectivity index (χ3n) is 2.92. The average Bonchev–Trinajstić information content (AvgIpc) is 2.37. The summed E-state index contributed by atoms with van der Waals surface area (Å²) >= 11 is 5.45. The fourth-order valence-electron chi connectivity index (χ4n) is 1.71. The molecule has 1 rings (SSSR count). The zero-order valence-electron chi connectivity index (χ0n) is 11.2. The molecule has 2 N–H and O–H groups in total. The summed E-state index contributed by atoms with van der Waals surface area (Å²) < 4.78 is 0.742. The van der Waals surface area contributed by atoms with Crippen LogP contribution in [0.2, 0.25) is 0 Å². The van der Waals surface area contributed by atoms with Gasteiger partial charge in [-0.05, 0) is 59.0 Å². The van der Waals surface area contributed by atoms with Crippen molar-refractivity contribution in [3.05, 3.63) is 27.3 Å².